The fourth-order valence-corrected chi connectivity index (χ4v) is 19.7. The number of nitrogens with two attached hydrogens (primary N) is 6. The molecular weight excluding hydrogens is 1900 g/mol. The van der Waals surface area contributed by atoms with Crippen molar-refractivity contribution in [3.8, 4) is 67.5 Å². The zero-order valence-corrected chi connectivity index (χ0v) is 85.0. The van der Waals surface area contributed by atoms with Crippen LogP contribution in [-0.2, 0) is 44.0 Å². The minimum absolute atomic E-state index is 0.270. The van der Waals surface area contributed by atoms with E-state index in [1.54, 1.807) is 96.7 Å². The van der Waals surface area contributed by atoms with Crippen molar-refractivity contribution < 1.29 is 37.9 Å². The van der Waals surface area contributed by atoms with Crippen molar-refractivity contribution in [3.63, 3.8) is 0 Å². The summed E-state index contributed by atoms with van der Waals surface area (Å²) >= 11 is 1.66. The summed E-state index contributed by atoms with van der Waals surface area (Å²) in [6.07, 6.45) is 26.3. The molecule has 16 heterocycles. The molecule has 0 unspecified atom stereocenters. The average Bonchev–Trinajstić information content (AvgIpc) is 1.66. The van der Waals surface area contributed by atoms with Gasteiger partial charge in [-0.05, 0) is 244 Å². The normalized spacial score (nSPS) is 12.6. The van der Waals surface area contributed by atoms with Gasteiger partial charge < -0.3 is 71.0 Å². The molecule has 29 nitrogen and oxygen atoms in total. The molecule has 2 aliphatic rings. The topological polar surface area (TPSA) is 417 Å². The molecule has 30 heteroatoms. The molecule has 0 atom stereocenters. The van der Waals surface area contributed by atoms with Crippen LogP contribution in [0.4, 0.5) is 0 Å². The molecule has 0 spiro atoms. The van der Waals surface area contributed by atoms with E-state index in [0.717, 1.165) is 206 Å². The smallest absolute Gasteiger partial charge is 0.267 e. The number of pyridine rings is 7. The van der Waals surface area contributed by atoms with Gasteiger partial charge in [-0.2, -0.15) is 0 Å². The third kappa shape index (κ3) is 25.1. The average molecular weight is 2010 g/mol. The van der Waals surface area contributed by atoms with Gasteiger partial charge in [0.25, 0.3) is 35.4 Å². The fourth-order valence-electron chi connectivity index (χ4n) is 19.1. The van der Waals surface area contributed by atoms with Gasteiger partial charge in [0, 0.05) is 205 Å². The molecule has 2 fully saturated rings. The number of rotatable bonds is 26. The molecular formula is C120H117N21O8S. The standard InChI is InChI=1S/C22H25N3O.C21H19N3O2.C20H22N4O2.C20H16N4O.C19H16N4OS.C18H19N3O/c23-22(26)20-8-4-7-19(24-20)17-9-10-21-18(15-17)12-14-25(21)13-11-16-5-2-1-3-6-16;1-13-12-26-14(2)17(13)11-24-9-8-16-10-15(6-7-20(16)24)18-4-3-5-19(23-18)21(22)25;21-20(25)18-3-1-2-17(22-18)15-4-5-19-16(14-15)6-7-24(19)9-8-23-10-12-26-13-11-23;21-20(25)18-3-1-2-17(23-18)15-4-5-19-16(12-15)8-11-24(19)13-14-6-9-22-10-7-14;1-12-21-15(11-25-12)10-23-8-7-14-9-13(5-6-18(14)23)16-3-2-4-17(22-16)19(20)24;1-12(2)11-21-9-8-14-10-13(6-7-17(14)21)15-4-3-5-16(20-15)18(19)22/h4,7-10,12,14-16H,1-3,5-6,11,13H2,(H2,23,26);3-10,12H,11H2,1-2H3,(H2,22,25);1-7,14H,8-13H2,(H2,21,25);1-12H,13H2,(H2,21,25);2-9,11H,10H2,1H3,(H2,20,24);3-10,12H,11H2,1-2H3,(H2,19,22). The Balaban J connectivity index is 0.000000118. The van der Waals surface area contributed by atoms with Crippen LogP contribution in [0.25, 0.3) is 133 Å². The van der Waals surface area contributed by atoms with Crippen LogP contribution >= 0.6 is 11.3 Å². The molecule has 15 aromatic heterocycles. The first kappa shape index (κ1) is 102. The summed E-state index contributed by atoms with van der Waals surface area (Å²) in [6.45, 7) is 20.5. The van der Waals surface area contributed by atoms with E-state index in [0.29, 0.717) is 11.6 Å². The van der Waals surface area contributed by atoms with Gasteiger partial charge >= 0.3 is 0 Å². The van der Waals surface area contributed by atoms with E-state index >= 15 is 0 Å². The Hall–Kier alpha value is -17.7. The summed E-state index contributed by atoms with van der Waals surface area (Å²) < 4.78 is 24.4. The van der Waals surface area contributed by atoms with E-state index in [1.165, 1.54) is 77.0 Å². The maximum absolute atomic E-state index is 11.4. The summed E-state index contributed by atoms with van der Waals surface area (Å²) in [6, 6.07) is 85.9. The van der Waals surface area contributed by atoms with Gasteiger partial charge in [0.05, 0.1) is 77.4 Å². The predicted molar refractivity (Wildman–Crippen MR) is 592 cm³/mol. The summed E-state index contributed by atoms with van der Waals surface area (Å²) in [7, 11) is 0. The summed E-state index contributed by atoms with van der Waals surface area (Å²) in [5.74, 6) is -0.641. The van der Waals surface area contributed by atoms with Gasteiger partial charge in [-0.25, -0.2) is 34.9 Å². The van der Waals surface area contributed by atoms with Gasteiger partial charge in [-0.15, -0.1) is 11.3 Å². The Labute approximate surface area is 871 Å². The lowest BCUT2D eigenvalue weighted by Crippen LogP contribution is -2.38. The highest BCUT2D eigenvalue weighted by atomic mass is 32.1. The molecule has 6 aromatic carbocycles. The number of ether oxygens (including phenoxy) is 1. The number of hydrogen-bond acceptors (Lipinski definition) is 18. The minimum atomic E-state index is -0.523. The van der Waals surface area contributed by atoms with Crippen LogP contribution in [0, 0.1) is 32.6 Å². The second-order valence-electron chi connectivity index (χ2n) is 37.9. The summed E-state index contributed by atoms with van der Waals surface area (Å²) in [5.41, 5.74) is 55.7. The second-order valence-corrected chi connectivity index (χ2v) is 39.0. The second kappa shape index (κ2) is 47.2. The molecule has 756 valence electrons. The molecule has 12 N–H and O–H groups in total. The third-order valence-electron chi connectivity index (χ3n) is 27.0. The summed E-state index contributed by atoms with van der Waals surface area (Å²) in [4.78, 5) is 105. The van der Waals surface area contributed by atoms with Crippen LogP contribution in [0.1, 0.15) is 148 Å². The quantitative estimate of drug-likeness (QED) is 0.0293. The van der Waals surface area contributed by atoms with E-state index in [9.17, 15) is 28.8 Å². The first-order chi connectivity index (χ1) is 72.8. The number of primary amides is 6. The molecule has 1 saturated carbocycles. The van der Waals surface area contributed by atoms with Crippen LogP contribution in [0.3, 0.4) is 0 Å². The number of thiazole rings is 1. The van der Waals surface area contributed by atoms with E-state index in [-0.39, 0.29) is 28.5 Å². The van der Waals surface area contributed by atoms with Crippen LogP contribution in [0.5, 0.6) is 0 Å². The Bertz CT molecular complexity index is 8280. The Morgan fingerprint density at radius 1 is 0.360 bits per heavy atom. The Morgan fingerprint density at radius 2 is 0.687 bits per heavy atom. The van der Waals surface area contributed by atoms with Crippen LogP contribution in [0.2, 0.25) is 0 Å². The molecule has 6 amide bonds. The number of hydrogen-bond donors (Lipinski definition) is 6. The Morgan fingerprint density at radius 3 is 1.02 bits per heavy atom. The van der Waals surface area contributed by atoms with Crippen LogP contribution in [-0.4, -0.2) is 140 Å². The first-order valence-corrected chi connectivity index (χ1v) is 51.0. The first-order valence-electron chi connectivity index (χ1n) is 50.1. The minimum Gasteiger partial charge on any atom is -0.469 e. The zero-order chi connectivity index (χ0) is 104. The van der Waals surface area contributed by atoms with Crippen molar-refractivity contribution in [2.45, 2.75) is 112 Å². The fraction of sp³-hybridized carbons (Fsp3) is 0.200. The summed E-state index contributed by atoms with van der Waals surface area (Å²) in [5, 5.41) is 10.1. The van der Waals surface area contributed by atoms with Crippen LogP contribution < -0.4 is 34.4 Å². The van der Waals surface area contributed by atoms with Gasteiger partial charge in [0.15, 0.2) is 0 Å². The highest BCUT2D eigenvalue weighted by Gasteiger charge is 2.21. The maximum atomic E-state index is 11.4. The number of fused-ring (bicyclic) bond motifs is 6. The van der Waals surface area contributed by atoms with Crippen molar-refractivity contribution in [2.24, 2.45) is 46.2 Å². The van der Waals surface area contributed by atoms with Crippen LogP contribution in [0.15, 0.2) is 333 Å². The third-order valence-corrected chi connectivity index (χ3v) is 27.8. The number of aromatic nitrogens is 14. The number of morpholine rings is 1. The predicted octanol–water partition coefficient (Wildman–Crippen LogP) is 21.3. The Kier molecular flexibility index (Phi) is 32.2. The monoisotopic (exact) mass is 2010 g/mol. The van der Waals surface area contributed by atoms with Crippen molar-refractivity contribution in [3.05, 3.63) is 395 Å². The van der Waals surface area contributed by atoms with Crippen molar-refractivity contribution >= 4 is 112 Å². The number of carbonyl (C=O) groups excluding carboxylic acids is 6. The molecule has 1 aliphatic carbocycles. The number of benzene rings is 6. The van der Waals surface area contributed by atoms with Gasteiger partial charge in [0.2, 0.25) is 0 Å². The molecule has 150 heavy (non-hydrogen) atoms. The molecule has 1 aliphatic heterocycles. The van der Waals surface area contributed by atoms with E-state index < -0.39 is 35.4 Å². The largest absolute Gasteiger partial charge is 0.469 e. The van der Waals surface area contributed by atoms with Gasteiger partial charge in [-0.3, -0.25) is 38.7 Å². The highest BCUT2D eigenvalue weighted by molar-refractivity contribution is 7.09. The lowest BCUT2D eigenvalue weighted by Gasteiger charge is -2.26. The molecule has 23 rings (SSSR count). The number of furan rings is 1. The lowest BCUT2D eigenvalue weighted by atomic mass is 9.87. The molecule has 0 bridgehead atoms. The maximum Gasteiger partial charge on any atom is 0.267 e. The van der Waals surface area contributed by atoms with E-state index in [1.807, 2.05) is 98.8 Å². The van der Waals surface area contributed by atoms with Crippen molar-refractivity contribution in [1.82, 2.24) is 72.2 Å². The molecule has 21 aromatic rings. The van der Waals surface area contributed by atoms with Crippen molar-refractivity contribution in [2.75, 3.05) is 32.8 Å². The van der Waals surface area contributed by atoms with E-state index in [4.69, 9.17) is 43.6 Å². The SMILES string of the molecule is CC(C)Cn1ccc2cc(-c3cccc(C(N)=O)n3)ccc21.Cc1coc(C)c1Cn1ccc2cc(-c3cccc(C(N)=O)n3)ccc21.Cc1nc(Cn2ccc3cc(-c4cccc(C(N)=O)n4)ccc32)cs1.NC(=O)c1cccc(-c2ccc3c(ccn3CCC3CCCCC3)c2)n1.NC(=O)c1cccc(-c2ccc3c(ccn3CCN3CCOCC3)c2)n1.NC(=O)c1cccc(-c2ccc3c(ccn3Cc3ccncc3)c2)n1. The van der Waals surface area contributed by atoms with E-state index in [2.05, 4.69) is 251 Å². The number of carbonyl (C=O) groups is 6. The number of nitrogens with zero attached hydrogens (tertiary/aromatic N) is 15. The zero-order valence-electron chi connectivity index (χ0n) is 84.2. The number of aryl methyl sites for hydroxylation is 4. The van der Waals surface area contributed by atoms with Crippen molar-refractivity contribution in [1.29, 1.82) is 0 Å². The number of amides is 6. The lowest BCUT2D eigenvalue weighted by molar-refractivity contribution is 0.0365. The van der Waals surface area contributed by atoms with Gasteiger partial charge in [-0.1, -0.05) is 119 Å². The molecule has 1 saturated heterocycles. The molecule has 0 radical (unpaired) electrons. The van der Waals surface area contributed by atoms with Gasteiger partial charge in [0.1, 0.15) is 39.9 Å². The highest BCUT2D eigenvalue weighted by Crippen LogP contribution is 2.35.